The molecule has 1 saturated heterocycles. The highest BCUT2D eigenvalue weighted by atomic mass is 32.2. The number of amides is 1. The van der Waals surface area contributed by atoms with Gasteiger partial charge in [-0.2, -0.15) is 17.4 Å². The first-order valence-electron chi connectivity index (χ1n) is 8.35. The minimum Gasteiger partial charge on any atom is -0.324 e. The average Bonchev–Trinajstić information content (AvgIpc) is 2.65. The highest BCUT2D eigenvalue weighted by Gasteiger charge is 2.40. The van der Waals surface area contributed by atoms with E-state index in [0.717, 1.165) is 17.4 Å². The first-order chi connectivity index (χ1) is 13.5. The SMILES string of the molecule is C=C(/C=C\C(F)=C/C)[C@H]1C[C@@H](C(=O)Nc2cc(F)c(F)c(F)c2)N(C)S(=O)(=O)N1. The highest BCUT2D eigenvalue weighted by molar-refractivity contribution is 7.87. The summed E-state index contributed by atoms with van der Waals surface area (Å²) in [4.78, 5) is 12.6. The van der Waals surface area contributed by atoms with Gasteiger partial charge in [0.05, 0.1) is 0 Å². The Bertz CT molecular complexity index is 969. The van der Waals surface area contributed by atoms with Crippen LogP contribution in [0.4, 0.5) is 23.2 Å². The molecule has 6 nitrogen and oxygen atoms in total. The molecule has 0 bridgehead atoms. The summed E-state index contributed by atoms with van der Waals surface area (Å²) in [6.45, 7) is 5.16. The van der Waals surface area contributed by atoms with Gasteiger partial charge in [0.1, 0.15) is 11.9 Å². The standard InChI is InChI=1S/C18H19F4N3O3S/c1-4-11(19)6-5-10(2)15-9-16(25(3)29(27,28)24-15)18(26)23-12-7-13(20)17(22)14(21)8-12/h4-8,15-16,24H,2,9H2,1,3H3,(H,23,26)/b6-5-,11-4+/t15-,16+/m1/s1. The first kappa shape index (κ1) is 22.8. The summed E-state index contributed by atoms with van der Waals surface area (Å²) in [7, 11) is -2.95. The van der Waals surface area contributed by atoms with Crippen molar-refractivity contribution in [2.24, 2.45) is 0 Å². The quantitative estimate of drug-likeness (QED) is 0.426. The molecule has 0 aromatic heterocycles. The van der Waals surface area contributed by atoms with Crippen LogP contribution in [0, 0.1) is 17.5 Å². The van der Waals surface area contributed by atoms with Crippen molar-refractivity contribution in [2.75, 3.05) is 12.4 Å². The molecule has 29 heavy (non-hydrogen) atoms. The maximum atomic E-state index is 13.3. The van der Waals surface area contributed by atoms with Gasteiger partial charge < -0.3 is 5.32 Å². The zero-order valence-electron chi connectivity index (χ0n) is 15.5. The lowest BCUT2D eigenvalue weighted by Crippen LogP contribution is -2.59. The molecule has 0 radical (unpaired) electrons. The molecule has 1 aliphatic heterocycles. The van der Waals surface area contributed by atoms with Crippen molar-refractivity contribution in [1.82, 2.24) is 9.03 Å². The van der Waals surface area contributed by atoms with Crippen molar-refractivity contribution in [3.05, 3.63) is 65.8 Å². The molecule has 0 spiro atoms. The summed E-state index contributed by atoms with van der Waals surface area (Å²) in [5.74, 6) is -6.15. The fourth-order valence-electron chi connectivity index (χ4n) is 2.60. The van der Waals surface area contributed by atoms with Gasteiger partial charge >= 0.3 is 0 Å². The predicted octanol–water partition coefficient (Wildman–Crippen LogP) is 2.94. The molecule has 1 aliphatic rings. The molecule has 11 heteroatoms. The van der Waals surface area contributed by atoms with E-state index in [0.29, 0.717) is 12.1 Å². The molecule has 0 aliphatic carbocycles. The van der Waals surface area contributed by atoms with Gasteiger partial charge in [-0.1, -0.05) is 18.7 Å². The predicted molar refractivity (Wildman–Crippen MR) is 100 cm³/mol. The first-order valence-corrected chi connectivity index (χ1v) is 9.79. The molecule has 1 amide bonds. The number of hydrogen-bond acceptors (Lipinski definition) is 3. The van der Waals surface area contributed by atoms with E-state index in [-0.39, 0.29) is 17.7 Å². The number of rotatable bonds is 5. The van der Waals surface area contributed by atoms with E-state index in [1.54, 1.807) is 0 Å². The largest absolute Gasteiger partial charge is 0.324 e. The Hall–Kier alpha value is -2.50. The van der Waals surface area contributed by atoms with E-state index in [1.165, 1.54) is 19.1 Å². The van der Waals surface area contributed by atoms with Crippen molar-refractivity contribution >= 4 is 21.8 Å². The van der Waals surface area contributed by atoms with Gasteiger partial charge in [-0.15, -0.1) is 0 Å². The van der Waals surface area contributed by atoms with Crippen LogP contribution in [-0.4, -0.2) is 37.8 Å². The van der Waals surface area contributed by atoms with Crippen LogP contribution in [0.5, 0.6) is 0 Å². The molecule has 158 valence electrons. The topological polar surface area (TPSA) is 78.5 Å². The number of carbonyl (C=O) groups excluding carboxylic acids is 1. The molecule has 2 N–H and O–H groups in total. The van der Waals surface area contributed by atoms with Crippen LogP contribution in [0.2, 0.25) is 0 Å². The third-order valence-electron chi connectivity index (χ3n) is 4.30. The van der Waals surface area contributed by atoms with E-state index in [4.69, 9.17) is 0 Å². The van der Waals surface area contributed by atoms with Gasteiger partial charge in [0.25, 0.3) is 10.2 Å². The molecule has 1 heterocycles. The van der Waals surface area contributed by atoms with Crippen LogP contribution in [0.15, 0.2) is 48.3 Å². The lowest BCUT2D eigenvalue weighted by Gasteiger charge is -2.36. The van der Waals surface area contributed by atoms with Gasteiger partial charge in [-0.3, -0.25) is 4.79 Å². The van der Waals surface area contributed by atoms with E-state index >= 15 is 0 Å². The van der Waals surface area contributed by atoms with Crippen molar-refractivity contribution in [3.8, 4) is 0 Å². The minimum atomic E-state index is -4.10. The van der Waals surface area contributed by atoms with Gasteiger partial charge in [0, 0.05) is 30.9 Å². The Morgan fingerprint density at radius 3 is 2.41 bits per heavy atom. The summed E-state index contributed by atoms with van der Waals surface area (Å²) in [6.07, 6.45) is 3.47. The molecule has 2 rings (SSSR count). The molecule has 1 aromatic carbocycles. The molecule has 0 saturated carbocycles. The third kappa shape index (κ3) is 5.31. The van der Waals surface area contributed by atoms with Crippen LogP contribution >= 0.6 is 0 Å². The number of benzene rings is 1. The van der Waals surface area contributed by atoms with Crippen LogP contribution < -0.4 is 10.0 Å². The third-order valence-corrected chi connectivity index (χ3v) is 5.90. The van der Waals surface area contributed by atoms with Crippen molar-refractivity contribution in [1.29, 1.82) is 0 Å². The molecular formula is C18H19F4N3O3S. The minimum absolute atomic E-state index is 0.0889. The Balaban J connectivity index is 2.24. The second-order valence-electron chi connectivity index (χ2n) is 6.27. The summed E-state index contributed by atoms with van der Waals surface area (Å²) >= 11 is 0. The Morgan fingerprint density at radius 1 is 1.28 bits per heavy atom. The number of nitrogens with one attached hydrogen (secondary N) is 2. The van der Waals surface area contributed by atoms with Crippen LogP contribution in [-0.2, 0) is 15.0 Å². The summed E-state index contributed by atoms with van der Waals surface area (Å²) in [6, 6.07) is -1.04. The van der Waals surface area contributed by atoms with Crippen molar-refractivity contribution < 1.29 is 30.8 Å². The molecule has 1 fully saturated rings. The number of carbonyl (C=O) groups is 1. The monoisotopic (exact) mass is 433 g/mol. The van der Waals surface area contributed by atoms with Crippen LogP contribution in [0.1, 0.15) is 13.3 Å². The molecule has 1 aromatic rings. The number of allylic oxidation sites excluding steroid dienone is 3. The summed E-state index contributed by atoms with van der Waals surface area (Å²) in [5.41, 5.74) is -0.170. The number of halogens is 4. The second kappa shape index (κ2) is 8.89. The van der Waals surface area contributed by atoms with Gasteiger partial charge in [-0.05, 0) is 25.0 Å². The Morgan fingerprint density at radius 2 is 1.86 bits per heavy atom. The smallest absolute Gasteiger partial charge is 0.280 e. The van der Waals surface area contributed by atoms with Crippen LogP contribution in [0.3, 0.4) is 0 Å². The maximum absolute atomic E-state index is 13.3. The zero-order valence-corrected chi connectivity index (χ0v) is 16.4. The highest BCUT2D eigenvalue weighted by Crippen LogP contribution is 2.24. The second-order valence-corrected chi connectivity index (χ2v) is 8.03. The molecule has 0 unspecified atom stereocenters. The Kier molecular flexibility index (Phi) is 6.98. The summed E-state index contributed by atoms with van der Waals surface area (Å²) in [5, 5.41) is 2.17. The summed E-state index contributed by atoms with van der Waals surface area (Å²) < 4.78 is 80.7. The molecular weight excluding hydrogens is 414 g/mol. The van der Waals surface area contributed by atoms with Gasteiger partial charge in [-0.25, -0.2) is 17.6 Å². The van der Waals surface area contributed by atoms with Crippen molar-refractivity contribution in [2.45, 2.75) is 25.4 Å². The zero-order chi connectivity index (χ0) is 21.9. The van der Waals surface area contributed by atoms with Gasteiger partial charge in [0.15, 0.2) is 17.5 Å². The normalized spacial score (nSPS) is 22.6. The number of anilines is 1. The van der Waals surface area contributed by atoms with E-state index in [2.05, 4.69) is 16.6 Å². The number of likely N-dealkylation sites (N-methyl/N-ethyl adjacent to an activating group) is 1. The average molecular weight is 433 g/mol. The lowest BCUT2D eigenvalue weighted by atomic mass is 10.00. The van der Waals surface area contributed by atoms with E-state index in [1.807, 2.05) is 0 Å². The number of hydrogen-bond donors (Lipinski definition) is 2. The fraction of sp³-hybridized carbons (Fsp3) is 0.278. The lowest BCUT2D eigenvalue weighted by molar-refractivity contribution is -0.120. The van der Waals surface area contributed by atoms with E-state index in [9.17, 15) is 30.8 Å². The fourth-order valence-corrected chi connectivity index (χ4v) is 3.89. The molecule has 2 atom stereocenters. The van der Waals surface area contributed by atoms with Gasteiger partial charge in [0.2, 0.25) is 5.91 Å². The van der Waals surface area contributed by atoms with Crippen molar-refractivity contribution in [3.63, 3.8) is 0 Å². The number of nitrogens with zero attached hydrogens (tertiary/aromatic N) is 1. The van der Waals surface area contributed by atoms with Crippen LogP contribution in [0.25, 0.3) is 0 Å². The van der Waals surface area contributed by atoms with E-state index < -0.39 is 51.5 Å². The maximum Gasteiger partial charge on any atom is 0.280 e. The Labute approximate surface area is 165 Å².